The summed E-state index contributed by atoms with van der Waals surface area (Å²) >= 11 is 0. The summed E-state index contributed by atoms with van der Waals surface area (Å²) in [6, 6.07) is 3.89. The second kappa shape index (κ2) is 3.60. The van der Waals surface area contributed by atoms with Crippen LogP contribution in [0.2, 0.25) is 0 Å². The van der Waals surface area contributed by atoms with E-state index in [0.717, 1.165) is 41.9 Å². The first-order valence-corrected chi connectivity index (χ1v) is 5.75. The van der Waals surface area contributed by atoms with Gasteiger partial charge in [0.25, 0.3) is 0 Å². The summed E-state index contributed by atoms with van der Waals surface area (Å²) in [5.74, 6) is 1.50. The molecular formula is C13H13NO3. The quantitative estimate of drug-likeness (QED) is 0.580. The fourth-order valence-corrected chi connectivity index (χ4v) is 2.67. The summed E-state index contributed by atoms with van der Waals surface area (Å²) in [7, 11) is 0. The third-order valence-corrected chi connectivity index (χ3v) is 3.65. The maximum Gasteiger partial charge on any atom is 0.235 e. The normalized spacial score (nSPS) is 19.4. The van der Waals surface area contributed by atoms with E-state index in [1.807, 2.05) is 19.1 Å². The highest BCUT2D eigenvalue weighted by molar-refractivity contribution is 5.56. The Balaban J connectivity index is 2.20. The zero-order valence-corrected chi connectivity index (χ0v) is 9.66. The Hall–Kier alpha value is -1.80. The minimum absolute atomic E-state index is 0.243. The first kappa shape index (κ1) is 10.4. The largest absolute Gasteiger partial charge is 0.454 e. The highest BCUT2D eigenvalue weighted by Gasteiger charge is 2.43. The Bertz CT molecular complexity index is 514. The zero-order chi connectivity index (χ0) is 11.9. The van der Waals surface area contributed by atoms with Crippen LogP contribution in [0.3, 0.4) is 0 Å². The fraction of sp³-hybridized carbons (Fsp3) is 0.462. The van der Waals surface area contributed by atoms with Gasteiger partial charge in [-0.05, 0) is 37.8 Å². The van der Waals surface area contributed by atoms with Crippen molar-refractivity contribution < 1.29 is 14.3 Å². The number of nitrogens with zero attached hydrogens (tertiary/aromatic N) is 1. The van der Waals surface area contributed by atoms with Gasteiger partial charge in [-0.1, -0.05) is 6.07 Å². The van der Waals surface area contributed by atoms with E-state index in [-0.39, 0.29) is 6.79 Å². The predicted molar refractivity (Wildman–Crippen MR) is 61.0 cm³/mol. The fourth-order valence-electron chi connectivity index (χ4n) is 2.67. The van der Waals surface area contributed by atoms with Gasteiger partial charge in [0, 0.05) is 5.56 Å². The van der Waals surface area contributed by atoms with E-state index < -0.39 is 5.54 Å². The van der Waals surface area contributed by atoms with E-state index in [0.29, 0.717) is 0 Å². The van der Waals surface area contributed by atoms with Crippen LogP contribution in [0.15, 0.2) is 17.1 Å². The van der Waals surface area contributed by atoms with Crippen molar-refractivity contribution in [2.45, 2.75) is 31.7 Å². The van der Waals surface area contributed by atoms with Crippen LogP contribution in [0.1, 0.15) is 30.4 Å². The molecule has 2 aliphatic rings. The van der Waals surface area contributed by atoms with Gasteiger partial charge in [0.2, 0.25) is 12.9 Å². The molecule has 0 N–H and O–H groups in total. The molecule has 0 aromatic heterocycles. The van der Waals surface area contributed by atoms with Crippen LogP contribution in [-0.2, 0) is 10.3 Å². The molecule has 17 heavy (non-hydrogen) atoms. The second-order valence-electron chi connectivity index (χ2n) is 4.58. The number of fused-ring (bicyclic) bond motifs is 1. The molecule has 1 aromatic carbocycles. The Labute approximate surface area is 99.3 Å². The van der Waals surface area contributed by atoms with Crippen LogP contribution in [0.5, 0.6) is 11.5 Å². The third-order valence-electron chi connectivity index (χ3n) is 3.65. The number of hydrogen-bond donors (Lipinski definition) is 0. The number of aliphatic imine (C=N–C) groups is 1. The van der Waals surface area contributed by atoms with Gasteiger partial charge in [0.1, 0.15) is 5.54 Å². The van der Waals surface area contributed by atoms with Gasteiger partial charge in [-0.3, -0.25) is 0 Å². The lowest BCUT2D eigenvalue weighted by molar-refractivity contribution is 0.168. The smallest absolute Gasteiger partial charge is 0.235 e. The Kier molecular flexibility index (Phi) is 2.20. The zero-order valence-electron chi connectivity index (χ0n) is 9.66. The molecule has 0 saturated heterocycles. The summed E-state index contributed by atoms with van der Waals surface area (Å²) in [6.07, 6.45) is 4.54. The first-order chi connectivity index (χ1) is 8.27. The monoisotopic (exact) mass is 231 g/mol. The minimum Gasteiger partial charge on any atom is -0.454 e. The van der Waals surface area contributed by atoms with Gasteiger partial charge < -0.3 is 9.47 Å². The summed E-state index contributed by atoms with van der Waals surface area (Å²) in [5.41, 5.74) is 1.67. The van der Waals surface area contributed by atoms with Crippen LogP contribution in [0, 0.1) is 6.92 Å². The second-order valence-corrected chi connectivity index (χ2v) is 4.58. The van der Waals surface area contributed by atoms with Gasteiger partial charge >= 0.3 is 0 Å². The molecule has 1 aliphatic heterocycles. The first-order valence-electron chi connectivity index (χ1n) is 5.75. The molecule has 1 heterocycles. The van der Waals surface area contributed by atoms with Crippen molar-refractivity contribution in [2.75, 3.05) is 6.79 Å². The molecule has 1 aromatic rings. The van der Waals surface area contributed by atoms with E-state index in [4.69, 9.17) is 9.47 Å². The van der Waals surface area contributed by atoms with E-state index >= 15 is 0 Å². The molecule has 0 atom stereocenters. The van der Waals surface area contributed by atoms with Crippen molar-refractivity contribution in [3.05, 3.63) is 23.3 Å². The van der Waals surface area contributed by atoms with E-state index in [9.17, 15) is 4.79 Å². The average molecular weight is 231 g/mol. The van der Waals surface area contributed by atoms with Crippen LogP contribution in [-0.4, -0.2) is 12.9 Å². The Morgan fingerprint density at radius 1 is 1.35 bits per heavy atom. The molecule has 0 spiro atoms. The molecule has 3 rings (SSSR count). The van der Waals surface area contributed by atoms with Gasteiger partial charge in [-0.25, -0.2) is 4.79 Å². The van der Waals surface area contributed by atoms with Crippen LogP contribution in [0.25, 0.3) is 0 Å². The third kappa shape index (κ3) is 1.38. The number of hydrogen-bond acceptors (Lipinski definition) is 4. The minimum atomic E-state index is -0.426. The van der Waals surface area contributed by atoms with Crippen molar-refractivity contribution in [3.8, 4) is 11.5 Å². The summed E-state index contributed by atoms with van der Waals surface area (Å²) in [6.45, 7) is 2.25. The van der Waals surface area contributed by atoms with Crippen molar-refractivity contribution in [2.24, 2.45) is 4.99 Å². The molecule has 4 heteroatoms. The molecule has 1 saturated carbocycles. The van der Waals surface area contributed by atoms with Gasteiger partial charge in [0.05, 0.1) is 0 Å². The van der Waals surface area contributed by atoms with Gasteiger partial charge in [-0.2, -0.15) is 4.99 Å². The summed E-state index contributed by atoms with van der Waals surface area (Å²) in [4.78, 5) is 14.7. The van der Waals surface area contributed by atoms with Gasteiger partial charge in [0.15, 0.2) is 11.5 Å². The van der Waals surface area contributed by atoms with Crippen molar-refractivity contribution >= 4 is 6.08 Å². The molecule has 1 fully saturated rings. The van der Waals surface area contributed by atoms with E-state index in [1.165, 1.54) is 0 Å². The van der Waals surface area contributed by atoms with Crippen LogP contribution in [0.4, 0.5) is 0 Å². The molecule has 4 nitrogen and oxygen atoms in total. The molecule has 0 unspecified atom stereocenters. The summed E-state index contributed by atoms with van der Waals surface area (Å²) in [5, 5.41) is 0. The molecule has 0 amide bonds. The van der Waals surface area contributed by atoms with Crippen molar-refractivity contribution in [1.82, 2.24) is 0 Å². The lowest BCUT2D eigenvalue weighted by Gasteiger charge is -2.38. The highest BCUT2D eigenvalue weighted by Crippen LogP contribution is 2.52. The van der Waals surface area contributed by atoms with E-state index in [2.05, 4.69) is 4.99 Å². The highest BCUT2D eigenvalue weighted by atomic mass is 16.7. The molecule has 0 radical (unpaired) electrons. The predicted octanol–water partition coefficient (Wildman–Crippen LogP) is 2.44. The number of aryl methyl sites for hydroxylation is 1. The maximum atomic E-state index is 10.6. The number of benzene rings is 1. The van der Waals surface area contributed by atoms with Crippen LogP contribution >= 0.6 is 0 Å². The maximum absolute atomic E-state index is 10.6. The standard InChI is InChI=1S/C13H13NO3/c1-9-3-4-10-12(17-8-16-10)11(9)13(14-7-15)5-2-6-13/h3-4H,2,5-6,8H2,1H3. The molecule has 88 valence electrons. The lowest BCUT2D eigenvalue weighted by atomic mass is 9.70. The van der Waals surface area contributed by atoms with Gasteiger partial charge in [-0.15, -0.1) is 0 Å². The topological polar surface area (TPSA) is 47.9 Å². The number of ether oxygens (including phenoxy) is 2. The summed E-state index contributed by atoms with van der Waals surface area (Å²) < 4.78 is 10.9. The van der Waals surface area contributed by atoms with Crippen molar-refractivity contribution in [1.29, 1.82) is 0 Å². The van der Waals surface area contributed by atoms with Crippen LogP contribution < -0.4 is 9.47 Å². The molecular weight excluding hydrogens is 218 g/mol. The molecule has 0 bridgehead atoms. The Morgan fingerprint density at radius 3 is 2.82 bits per heavy atom. The number of carbonyl (C=O) groups excluding carboxylic acids is 1. The average Bonchev–Trinajstić information content (AvgIpc) is 2.72. The Morgan fingerprint density at radius 2 is 2.18 bits per heavy atom. The lowest BCUT2D eigenvalue weighted by Crippen LogP contribution is -2.33. The van der Waals surface area contributed by atoms with Crippen molar-refractivity contribution in [3.63, 3.8) is 0 Å². The van der Waals surface area contributed by atoms with E-state index in [1.54, 1.807) is 6.08 Å². The number of rotatable bonds is 2. The molecule has 1 aliphatic carbocycles. The SMILES string of the molecule is Cc1ccc2c(c1C1(N=C=O)CCC1)OCO2. The number of isocyanates is 1.